The molecule has 128 valence electrons. The fourth-order valence-corrected chi connectivity index (χ4v) is 2.80. The third-order valence-corrected chi connectivity index (χ3v) is 3.99. The molecule has 1 N–H and O–H groups in total. The number of carbonyl (C=O) groups is 1. The highest BCUT2D eigenvalue weighted by molar-refractivity contribution is 5.93. The summed E-state index contributed by atoms with van der Waals surface area (Å²) in [6.45, 7) is 1.09. The van der Waals surface area contributed by atoms with Crippen LogP contribution < -0.4 is 14.8 Å². The standard InChI is InChI=1S/C17H21N3O4/c1-22-13-6-3-5-12(16(13)23-2)11-20-15(8-9-18-20)19-17(21)14-7-4-10-24-14/h3,5-6,8-9,14H,4,7,10-11H2,1-2H3,(H,19,21). The molecule has 1 unspecified atom stereocenters. The van der Waals surface area contributed by atoms with Crippen LogP contribution in [0.1, 0.15) is 18.4 Å². The molecule has 0 aliphatic carbocycles. The zero-order chi connectivity index (χ0) is 16.9. The molecule has 1 fully saturated rings. The number of ether oxygens (including phenoxy) is 3. The van der Waals surface area contributed by atoms with E-state index in [9.17, 15) is 4.79 Å². The van der Waals surface area contributed by atoms with Crippen molar-refractivity contribution in [1.29, 1.82) is 0 Å². The molecule has 1 aromatic heterocycles. The van der Waals surface area contributed by atoms with Gasteiger partial charge in [-0.2, -0.15) is 5.10 Å². The molecule has 1 atom stereocenters. The van der Waals surface area contributed by atoms with Crippen LogP contribution in [0, 0.1) is 0 Å². The first-order chi connectivity index (χ1) is 11.7. The Kier molecular flexibility index (Phi) is 5.00. The Morgan fingerprint density at radius 2 is 2.25 bits per heavy atom. The number of nitrogens with zero attached hydrogens (tertiary/aromatic N) is 2. The highest BCUT2D eigenvalue weighted by Gasteiger charge is 2.24. The van der Waals surface area contributed by atoms with Crippen LogP contribution in [0.25, 0.3) is 0 Å². The minimum absolute atomic E-state index is 0.133. The lowest BCUT2D eigenvalue weighted by molar-refractivity contribution is -0.124. The van der Waals surface area contributed by atoms with E-state index in [0.717, 1.165) is 18.4 Å². The van der Waals surface area contributed by atoms with Gasteiger partial charge in [0.05, 0.1) is 27.0 Å². The van der Waals surface area contributed by atoms with Crippen molar-refractivity contribution in [2.45, 2.75) is 25.5 Å². The smallest absolute Gasteiger partial charge is 0.254 e. The molecular formula is C17H21N3O4. The summed E-state index contributed by atoms with van der Waals surface area (Å²) in [5.41, 5.74) is 0.910. The molecule has 1 aromatic carbocycles. The fourth-order valence-electron chi connectivity index (χ4n) is 2.80. The Morgan fingerprint density at radius 3 is 2.96 bits per heavy atom. The summed E-state index contributed by atoms with van der Waals surface area (Å²) in [5, 5.41) is 7.17. The highest BCUT2D eigenvalue weighted by atomic mass is 16.5. The molecule has 1 aliphatic rings. The summed E-state index contributed by atoms with van der Waals surface area (Å²) < 4.78 is 17.9. The number of para-hydroxylation sites is 1. The predicted molar refractivity (Wildman–Crippen MR) is 88.5 cm³/mol. The quantitative estimate of drug-likeness (QED) is 0.877. The Labute approximate surface area is 140 Å². The predicted octanol–water partition coefficient (Wildman–Crippen LogP) is 2.07. The second kappa shape index (κ2) is 7.35. The van der Waals surface area contributed by atoms with E-state index >= 15 is 0 Å². The summed E-state index contributed by atoms with van der Waals surface area (Å²) in [6.07, 6.45) is 2.94. The third-order valence-electron chi connectivity index (χ3n) is 3.99. The number of hydrogen-bond donors (Lipinski definition) is 1. The molecule has 7 heteroatoms. The van der Waals surface area contributed by atoms with E-state index in [0.29, 0.717) is 30.5 Å². The molecule has 2 aromatic rings. The largest absolute Gasteiger partial charge is 0.493 e. The van der Waals surface area contributed by atoms with Crippen LogP contribution in [-0.2, 0) is 16.1 Å². The molecule has 0 radical (unpaired) electrons. The van der Waals surface area contributed by atoms with Gasteiger partial charge in [0.2, 0.25) is 0 Å². The second-order valence-electron chi connectivity index (χ2n) is 5.52. The second-order valence-corrected chi connectivity index (χ2v) is 5.52. The molecular weight excluding hydrogens is 310 g/mol. The molecule has 1 aliphatic heterocycles. The topological polar surface area (TPSA) is 74.6 Å². The lowest BCUT2D eigenvalue weighted by Crippen LogP contribution is -2.28. The van der Waals surface area contributed by atoms with E-state index in [-0.39, 0.29) is 12.0 Å². The van der Waals surface area contributed by atoms with Gasteiger partial charge in [0.25, 0.3) is 5.91 Å². The van der Waals surface area contributed by atoms with E-state index in [2.05, 4.69) is 10.4 Å². The van der Waals surface area contributed by atoms with Crippen LogP contribution in [0.15, 0.2) is 30.5 Å². The van der Waals surface area contributed by atoms with Crippen LogP contribution in [-0.4, -0.2) is 42.6 Å². The Balaban J connectivity index is 1.77. The third kappa shape index (κ3) is 3.35. The number of benzene rings is 1. The van der Waals surface area contributed by atoms with Crippen molar-refractivity contribution < 1.29 is 19.0 Å². The van der Waals surface area contributed by atoms with Crippen molar-refractivity contribution >= 4 is 11.7 Å². The number of carbonyl (C=O) groups excluding carboxylic acids is 1. The van der Waals surface area contributed by atoms with Gasteiger partial charge < -0.3 is 19.5 Å². The number of amides is 1. The first kappa shape index (κ1) is 16.3. The van der Waals surface area contributed by atoms with Crippen molar-refractivity contribution in [2.24, 2.45) is 0 Å². The van der Waals surface area contributed by atoms with Gasteiger partial charge in [-0.15, -0.1) is 0 Å². The molecule has 0 spiro atoms. The molecule has 7 nitrogen and oxygen atoms in total. The van der Waals surface area contributed by atoms with Gasteiger partial charge in [-0.25, -0.2) is 4.68 Å². The molecule has 0 saturated carbocycles. The van der Waals surface area contributed by atoms with Crippen molar-refractivity contribution in [3.05, 3.63) is 36.0 Å². The molecule has 1 amide bonds. The number of rotatable bonds is 6. The molecule has 24 heavy (non-hydrogen) atoms. The highest BCUT2D eigenvalue weighted by Crippen LogP contribution is 2.31. The molecule has 3 rings (SSSR count). The summed E-state index contributed by atoms with van der Waals surface area (Å²) in [4.78, 5) is 12.2. The van der Waals surface area contributed by atoms with Crippen molar-refractivity contribution in [3.8, 4) is 11.5 Å². The number of methoxy groups -OCH3 is 2. The van der Waals surface area contributed by atoms with E-state index in [1.54, 1.807) is 31.2 Å². The minimum Gasteiger partial charge on any atom is -0.493 e. The van der Waals surface area contributed by atoms with Gasteiger partial charge >= 0.3 is 0 Å². The number of anilines is 1. The number of aromatic nitrogens is 2. The maximum Gasteiger partial charge on any atom is 0.254 e. The maximum atomic E-state index is 12.2. The molecule has 2 heterocycles. The summed E-state index contributed by atoms with van der Waals surface area (Å²) in [5.74, 6) is 1.81. The lowest BCUT2D eigenvalue weighted by Gasteiger charge is -2.15. The Hall–Kier alpha value is -2.54. The average molecular weight is 331 g/mol. The number of nitrogens with one attached hydrogen (secondary N) is 1. The Bertz CT molecular complexity index is 708. The van der Waals surface area contributed by atoms with Gasteiger partial charge in [-0.1, -0.05) is 12.1 Å². The van der Waals surface area contributed by atoms with E-state index in [1.165, 1.54) is 0 Å². The van der Waals surface area contributed by atoms with Crippen molar-refractivity contribution in [3.63, 3.8) is 0 Å². The first-order valence-electron chi connectivity index (χ1n) is 7.87. The minimum atomic E-state index is -0.375. The van der Waals surface area contributed by atoms with Crippen molar-refractivity contribution in [2.75, 3.05) is 26.1 Å². The van der Waals surface area contributed by atoms with Crippen LogP contribution in [0.4, 0.5) is 5.82 Å². The van der Waals surface area contributed by atoms with Gasteiger partial charge in [0, 0.05) is 18.2 Å². The van der Waals surface area contributed by atoms with Gasteiger partial charge in [0.1, 0.15) is 11.9 Å². The maximum absolute atomic E-state index is 12.2. The summed E-state index contributed by atoms with van der Waals surface area (Å²) in [7, 11) is 3.20. The van der Waals surface area contributed by atoms with E-state index in [1.807, 2.05) is 18.2 Å². The fraction of sp³-hybridized carbons (Fsp3) is 0.412. The molecule has 0 bridgehead atoms. The summed E-state index contributed by atoms with van der Waals surface area (Å²) >= 11 is 0. The van der Waals surface area contributed by atoms with Gasteiger partial charge in [-0.05, 0) is 18.9 Å². The van der Waals surface area contributed by atoms with Gasteiger partial charge in [-0.3, -0.25) is 4.79 Å². The first-order valence-corrected chi connectivity index (χ1v) is 7.87. The van der Waals surface area contributed by atoms with Crippen LogP contribution in [0.5, 0.6) is 11.5 Å². The lowest BCUT2D eigenvalue weighted by atomic mass is 10.2. The normalized spacial score (nSPS) is 16.8. The van der Waals surface area contributed by atoms with E-state index in [4.69, 9.17) is 14.2 Å². The Morgan fingerprint density at radius 1 is 1.38 bits per heavy atom. The molecule has 1 saturated heterocycles. The summed E-state index contributed by atoms with van der Waals surface area (Å²) in [6, 6.07) is 7.44. The zero-order valence-electron chi connectivity index (χ0n) is 13.8. The average Bonchev–Trinajstić information content (AvgIpc) is 3.27. The zero-order valence-corrected chi connectivity index (χ0v) is 13.8. The van der Waals surface area contributed by atoms with Crippen LogP contribution >= 0.6 is 0 Å². The monoisotopic (exact) mass is 331 g/mol. The number of hydrogen-bond acceptors (Lipinski definition) is 5. The van der Waals surface area contributed by atoms with Crippen molar-refractivity contribution in [1.82, 2.24) is 9.78 Å². The van der Waals surface area contributed by atoms with E-state index < -0.39 is 0 Å². The SMILES string of the molecule is COc1cccc(Cn2nccc2NC(=O)C2CCCO2)c1OC. The van der Waals surface area contributed by atoms with Crippen LogP contribution in [0.2, 0.25) is 0 Å². The van der Waals surface area contributed by atoms with Crippen LogP contribution in [0.3, 0.4) is 0 Å². The van der Waals surface area contributed by atoms with Gasteiger partial charge in [0.15, 0.2) is 11.5 Å².